The van der Waals surface area contributed by atoms with Crippen molar-refractivity contribution in [2.24, 2.45) is 0 Å². The molecule has 2 aromatic rings. The molecule has 2 aliphatic heterocycles. The molecule has 0 N–H and O–H groups in total. The molecule has 3 heteroatoms. The summed E-state index contributed by atoms with van der Waals surface area (Å²) in [6.45, 7) is 5.37. The first-order valence-electron chi connectivity index (χ1n) is 9.49. The van der Waals surface area contributed by atoms with E-state index in [2.05, 4.69) is 46.2 Å². The summed E-state index contributed by atoms with van der Waals surface area (Å²) in [6.07, 6.45) is 5.06. The van der Waals surface area contributed by atoms with Gasteiger partial charge in [0.05, 0.1) is 0 Å². The van der Waals surface area contributed by atoms with Crippen LogP contribution < -0.4 is 0 Å². The fourth-order valence-electron chi connectivity index (χ4n) is 4.74. The normalized spacial score (nSPS) is 24.8. The molecule has 2 heterocycles. The van der Waals surface area contributed by atoms with E-state index < -0.39 is 0 Å². The van der Waals surface area contributed by atoms with Gasteiger partial charge in [0.2, 0.25) is 0 Å². The topological polar surface area (TPSA) is 6.48 Å². The smallest absolute Gasteiger partial charge is 0.123 e. The van der Waals surface area contributed by atoms with Gasteiger partial charge in [-0.1, -0.05) is 42.5 Å². The van der Waals surface area contributed by atoms with E-state index in [0.717, 1.165) is 31.7 Å². The second-order valence-corrected chi connectivity index (χ2v) is 7.68. The minimum absolute atomic E-state index is 0.125. The molecule has 1 unspecified atom stereocenters. The molecule has 0 aromatic heterocycles. The summed E-state index contributed by atoms with van der Waals surface area (Å²) in [6, 6.07) is 17.9. The Hall–Kier alpha value is -1.71. The third-order valence-electron chi connectivity index (χ3n) is 5.89. The zero-order valence-electron chi connectivity index (χ0n) is 14.8. The fourth-order valence-corrected chi connectivity index (χ4v) is 4.74. The molecule has 0 saturated carbocycles. The van der Waals surface area contributed by atoms with Crippen molar-refractivity contribution < 1.29 is 4.39 Å². The summed E-state index contributed by atoms with van der Waals surface area (Å²) >= 11 is 0. The van der Waals surface area contributed by atoms with Crippen molar-refractivity contribution in [1.82, 2.24) is 9.80 Å². The van der Waals surface area contributed by atoms with E-state index in [1.807, 2.05) is 6.07 Å². The zero-order chi connectivity index (χ0) is 17.1. The van der Waals surface area contributed by atoms with Crippen molar-refractivity contribution in [3.05, 3.63) is 71.5 Å². The van der Waals surface area contributed by atoms with Gasteiger partial charge in [0.25, 0.3) is 0 Å². The van der Waals surface area contributed by atoms with Gasteiger partial charge < -0.3 is 0 Å². The molecule has 2 aliphatic rings. The Kier molecular flexibility index (Phi) is 4.87. The Morgan fingerprint density at radius 2 is 1.60 bits per heavy atom. The molecule has 1 atom stereocenters. The first kappa shape index (κ1) is 16.7. The van der Waals surface area contributed by atoms with Crippen molar-refractivity contribution in [1.29, 1.82) is 0 Å². The van der Waals surface area contributed by atoms with Crippen LogP contribution in [0.2, 0.25) is 0 Å². The van der Waals surface area contributed by atoms with Crippen LogP contribution in [-0.4, -0.2) is 35.0 Å². The lowest BCUT2D eigenvalue weighted by Crippen LogP contribution is -2.55. The summed E-state index contributed by atoms with van der Waals surface area (Å²) in [7, 11) is 0. The van der Waals surface area contributed by atoms with Crippen LogP contribution >= 0.6 is 0 Å². The van der Waals surface area contributed by atoms with E-state index in [1.54, 1.807) is 6.07 Å². The molecule has 0 radical (unpaired) electrons. The summed E-state index contributed by atoms with van der Waals surface area (Å²) in [5.41, 5.74) is 2.77. The van der Waals surface area contributed by atoms with E-state index in [9.17, 15) is 4.39 Å². The second kappa shape index (κ2) is 7.27. The molecule has 25 heavy (non-hydrogen) atoms. The summed E-state index contributed by atoms with van der Waals surface area (Å²) in [4.78, 5) is 5.24. The molecule has 0 amide bonds. The van der Waals surface area contributed by atoms with Crippen LogP contribution in [0.15, 0.2) is 54.6 Å². The van der Waals surface area contributed by atoms with Crippen LogP contribution in [0.3, 0.4) is 0 Å². The van der Waals surface area contributed by atoms with Crippen LogP contribution in [0.1, 0.15) is 36.8 Å². The molecular weight excluding hydrogens is 311 g/mol. The molecule has 2 aromatic carbocycles. The highest BCUT2D eigenvalue weighted by Gasteiger charge is 2.43. The predicted molar refractivity (Wildman–Crippen MR) is 99.7 cm³/mol. The first-order chi connectivity index (χ1) is 12.2. The molecule has 0 bridgehead atoms. The van der Waals surface area contributed by atoms with Gasteiger partial charge in [-0.3, -0.25) is 9.80 Å². The average Bonchev–Trinajstić information content (AvgIpc) is 2.97. The number of halogens is 1. The van der Waals surface area contributed by atoms with Gasteiger partial charge in [0.15, 0.2) is 0 Å². The van der Waals surface area contributed by atoms with E-state index in [0.29, 0.717) is 0 Å². The molecule has 132 valence electrons. The number of likely N-dealkylation sites (tertiary alicyclic amines) is 2. The molecular formula is C22H27FN2. The number of hydrogen-bond donors (Lipinski definition) is 0. The molecule has 4 rings (SSSR count). The SMILES string of the molecule is Fc1cccc(CN2CCCC23CCCN(Cc2ccccc2)C3)c1. The van der Waals surface area contributed by atoms with Crippen LogP contribution in [-0.2, 0) is 13.1 Å². The largest absolute Gasteiger partial charge is 0.297 e. The van der Waals surface area contributed by atoms with Gasteiger partial charge in [-0.05, 0) is 62.0 Å². The summed E-state index contributed by atoms with van der Waals surface area (Å²) in [5.74, 6) is -0.125. The summed E-state index contributed by atoms with van der Waals surface area (Å²) < 4.78 is 13.6. The lowest BCUT2D eigenvalue weighted by Gasteiger charge is -2.46. The number of rotatable bonds is 4. The Labute approximate surface area is 150 Å². The summed E-state index contributed by atoms with van der Waals surface area (Å²) in [5, 5.41) is 0. The number of nitrogens with zero attached hydrogens (tertiary/aromatic N) is 2. The number of piperidine rings is 1. The van der Waals surface area contributed by atoms with Crippen molar-refractivity contribution in [3.63, 3.8) is 0 Å². The van der Waals surface area contributed by atoms with Crippen molar-refractivity contribution in [2.45, 2.75) is 44.3 Å². The van der Waals surface area contributed by atoms with Gasteiger partial charge in [0.1, 0.15) is 5.82 Å². The van der Waals surface area contributed by atoms with Crippen molar-refractivity contribution in [2.75, 3.05) is 19.6 Å². The molecule has 2 nitrogen and oxygen atoms in total. The standard InChI is InChI=1S/C22H27FN2/c23-21-10-4-9-20(15-21)17-25-14-6-12-22(25)11-5-13-24(18-22)16-19-7-2-1-3-8-19/h1-4,7-10,15H,5-6,11-14,16-18H2. The van der Waals surface area contributed by atoms with Crippen molar-refractivity contribution in [3.8, 4) is 0 Å². The minimum atomic E-state index is -0.125. The van der Waals surface area contributed by atoms with E-state index >= 15 is 0 Å². The second-order valence-electron chi connectivity index (χ2n) is 7.68. The van der Waals surface area contributed by atoms with Gasteiger partial charge in [-0.15, -0.1) is 0 Å². The maximum Gasteiger partial charge on any atom is 0.123 e. The monoisotopic (exact) mass is 338 g/mol. The van der Waals surface area contributed by atoms with Gasteiger partial charge >= 0.3 is 0 Å². The third-order valence-corrected chi connectivity index (χ3v) is 5.89. The van der Waals surface area contributed by atoms with Gasteiger partial charge in [0, 0.05) is 25.2 Å². The average molecular weight is 338 g/mol. The number of hydrogen-bond acceptors (Lipinski definition) is 2. The first-order valence-corrected chi connectivity index (χ1v) is 9.49. The molecule has 0 aliphatic carbocycles. The maximum absolute atomic E-state index is 13.6. The Balaban J connectivity index is 1.47. The minimum Gasteiger partial charge on any atom is -0.297 e. The molecule has 2 fully saturated rings. The highest BCUT2D eigenvalue weighted by Crippen LogP contribution is 2.38. The van der Waals surface area contributed by atoms with Crippen LogP contribution in [0.4, 0.5) is 4.39 Å². The van der Waals surface area contributed by atoms with Gasteiger partial charge in [-0.2, -0.15) is 0 Å². The lowest BCUT2D eigenvalue weighted by atomic mass is 9.86. The fraction of sp³-hybridized carbons (Fsp3) is 0.455. The van der Waals surface area contributed by atoms with Crippen LogP contribution in [0.5, 0.6) is 0 Å². The Morgan fingerprint density at radius 3 is 2.40 bits per heavy atom. The lowest BCUT2D eigenvalue weighted by molar-refractivity contribution is 0.0328. The maximum atomic E-state index is 13.6. The molecule has 1 spiro atoms. The van der Waals surface area contributed by atoms with E-state index in [4.69, 9.17) is 0 Å². The Bertz CT molecular complexity index is 702. The molecule has 2 saturated heterocycles. The van der Waals surface area contributed by atoms with E-state index in [-0.39, 0.29) is 11.4 Å². The zero-order valence-corrected chi connectivity index (χ0v) is 14.8. The highest BCUT2D eigenvalue weighted by atomic mass is 19.1. The number of benzene rings is 2. The predicted octanol–water partition coefficient (Wildman–Crippen LogP) is 4.46. The highest BCUT2D eigenvalue weighted by molar-refractivity contribution is 5.18. The third kappa shape index (κ3) is 3.78. The quantitative estimate of drug-likeness (QED) is 0.812. The van der Waals surface area contributed by atoms with Gasteiger partial charge in [-0.25, -0.2) is 4.39 Å². The van der Waals surface area contributed by atoms with Crippen LogP contribution in [0.25, 0.3) is 0 Å². The Morgan fingerprint density at radius 1 is 0.840 bits per heavy atom. The van der Waals surface area contributed by atoms with Crippen molar-refractivity contribution >= 4 is 0 Å². The van der Waals surface area contributed by atoms with Crippen LogP contribution in [0, 0.1) is 5.82 Å². The van der Waals surface area contributed by atoms with E-state index in [1.165, 1.54) is 43.9 Å².